The second kappa shape index (κ2) is 16.1. The molecule has 4 unspecified atom stereocenters. The van der Waals surface area contributed by atoms with E-state index in [4.69, 9.17) is 0 Å². The fraction of sp³-hybridized carbons (Fsp3) is 0.625. The molecular formula is C32H54. The molecule has 0 spiro atoms. The summed E-state index contributed by atoms with van der Waals surface area (Å²) < 4.78 is 0. The van der Waals surface area contributed by atoms with E-state index in [0.29, 0.717) is 17.8 Å². The predicted molar refractivity (Wildman–Crippen MR) is 149 cm³/mol. The molecule has 32 heavy (non-hydrogen) atoms. The van der Waals surface area contributed by atoms with E-state index in [-0.39, 0.29) is 5.41 Å². The summed E-state index contributed by atoms with van der Waals surface area (Å²) in [6.07, 6.45) is 21.1. The zero-order chi connectivity index (χ0) is 24.7. The van der Waals surface area contributed by atoms with Crippen molar-refractivity contribution < 1.29 is 0 Å². The van der Waals surface area contributed by atoms with Gasteiger partial charge in [0.2, 0.25) is 0 Å². The monoisotopic (exact) mass is 438 g/mol. The van der Waals surface area contributed by atoms with Gasteiger partial charge in [-0.2, -0.15) is 0 Å². The standard InChI is InChI=1S/C32H54/c1-12-32(11,23-14-17-28(7)19-21-31(10)26(4)5)24-22-29(8)16-13-15-27(6)18-20-30(9)25(2)3/h12,15,17,22,24,29-31H,1-2,4,13-14,16,18-21,23H2,3,5-11H3. The highest BCUT2D eigenvalue weighted by atomic mass is 14.2. The minimum atomic E-state index is 0.0699. The molecule has 0 amide bonds. The lowest BCUT2D eigenvalue weighted by molar-refractivity contribution is 0.498. The number of allylic oxidation sites excluding steroid dienone is 9. The van der Waals surface area contributed by atoms with Crippen molar-refractivity contribution in [1.82, 2.24) is 0 Å². The van der Waals surface area contributed by atoms with Gasteiger partial charge in [0.15, 0.2) is 0 Å². The van der Waals surface area contributed by atoms with Crippen molar-refractivity contribution in [2.75, 3.05) is 0 Å². The zero-order valence-corrected chi connectivity index (χ0v) is 22.9. The molecule has 0 aliphatic heterocycles. The van der Waals surface area contributed by atoms with Gasteiger partial charge in [0, 0.05) is 5.41 Å². The van der Waals surface area contributed by atoms with Gasteiger partial charge in [-0.05, 0) is 96.8 Å². The normalized spacial score (nSPS) is 17.6. The van der Waals surface area contributed by atoms with Crippen molar-refractivity contribution in [2.45, 2.75) is 107 Å². The highest BCUT2D eigenvalue weighted by Crippen LogP contribution is 2.29. The van der Waals surface area contributed by atoms with E-state index < -0.39 is 0 Å². The maximum atomic E-state index is 4.12. The second-order valence-corrected chi connectivity index (χ2v) is 10.8. The van der Waals surface area contributed by atoms with Gasteiger partial charge in [-0.3, -0.25) is 0 Å². The average molecular weight is 439 g/mol. The Hall–Kier alpha value is -1.56. The molecule has 0 radical (unpaired) electrons. The van der Waals surface area contributed by atoms with Gasteiger partial charge >= 0.3 is 0 Å². The molecule has 0 aromatic rings. The summed E-state index contributed by atoms with van der Waals surface area (Å²) in [5, 5.41) is 0. The van der Waals surface area contributed by atoms with E-state index in [0.717, 1.165) is 19.3 Å². The van der Waals surface area contributed by atoms with Crippen LogP contribution in [-0.4, -0.2) is 0 Å². The molecule has 182 valence electrons. The minimum Gasteiger partial charge on any atom is -0.102 e. The number of hydrogen-bond acceptors (Lipinski definition) is 0. The summed E-state index contributed by atoms with van der Waals surface area (Å²) in [4.78, 5) is 0. The van der Waals surface area contributed by atoms with Crippen LogP contribution in [-0.2, 0) is 0 Å². The van der Waals surface area contributed by atoms with Crippen molar-refractivity contribution in [3.8, 4) is 0 Å². The van der Waals surface area contributed by atoms with Gasteiger partial charge in [-0.1, -0.05) is 93.5 Å². The summed E-state index contributed by atoms with van der Waals surface area (Å²) in [7, 11) is 0. The summed E-state index contributed by atoms with van der Waals surface area (Å²) in [6, 6.07) is 0. The molecular weight excluding hydrogens is 384 g/mol. The van der Waals surface area contributed by atoms with Crippen LogP contribution in [0.1, 0.15) is 107 Å². The van der Waals surface area contributed by atoms with Crippen molar-refractivity contribution in [1.29, 1.82) is 0 Å². The maximum Gasteiger partial charge on any atom is 0.00330 e. The Morgan fingerprint density at radius 1 is 0.781 bits per heavy atom. The molecule has 0 saturated heterocycles. The predicted octanol–water partition coefficient (Wildman–Crippen LogP) is 10.8. The summed E-state index contributed by atoms with van der Waals surface area (Å²) in [6.45, 7) is 30.3. The Morgan fingerprint density at radius 2 is 1.25 bits per heavy atom. The molecule has 0 aliphatic carbocycles. The van der Waals surface area contributed by atoms with E-state index >= 15 is 0 Å². The minimum absolute atomic E-state index is 0.0699. The lowest BCUT2D eigenvalue weighted by Crippen LogP contribution is -2.09. The first-order valence-electron chi connectivity index (χ1n) is 12.8. The molecule has 0 fully saturated rings. The largest absolute Gasteiger partial charge is 0.102 e. The van der Waals surface area contributed by atoms with Crippen molar-refractivity contribution in [3.63, 3.8) is 0 Å². The zero-order valence-electron chi connectivity index (χ0n) is 22.9. The molecule has 0 saturated carbocycles. The molecule has 4 atom stereocenters. The van der Waals surface area contributed by atoms with Crippen LogP contribution in [0.15, 0.2) is 72.4 Å². The Kier molecular flexibility index (Phi) is 15.3. The first-order valence-corrected chi connectivity index (χ1v) is 12.8. The van der Waals surface area contributed by atoms with Crippen LogP contribution in [0.5, 0.6) is 0 Å². The van der Waals surface area contributed by atoms with Crippen LogP contribution in [0.3, 0.4) is 0 Å². The Bertz CT molecular complexity index is 668. The lowest BCUT2D eigenvalue weighted by atomic mass is 9.83. The first-order chi connectivity index (χ1) is 14.9. The molecule has 0 bridgehead atoms. The Labute approximate surface area is 202 Å². The first kappa shape index (κ1) is 30.4. The molecule has 0 aliphatic rings. The number of hydrogen-bond donors (Lipinski definition) is 0. The van der Waals surface area contributed by atoms with Crippen LogP contribution >= 0.6 is 0 Å². The highest BCUT2D eigenvalue weighted by molar-refractivity contribution is 5.10. The molecule has 0 nitrogen and oxygen atoms in total. The maximum absolute atomic E-state index is 4.12. The molecule has 0 rings (SSSR count). The van der Waals surface area contributed by atoms with Crippen LogP contribution in [0.4, 0.5) is 0 Å². The molecule has 0 N–H and O–H groups in total. The van der Waals surface area contributed by atoms with Crippen molar-refractivity contribution in [3.05, 3.63) is 72.4 Å². The van der Waals surface area contributed by atoms with E-state index in [2.05, 4.69) is 106 Å². The van der Waals surface area contributed by atoms with Crippen molar-refractivity contribution in [2.24, 2.45) is 23.2 Å². The van der Waals surface area contributed by atoms with Gasteiger partial charge in [-0.15, -0.1) is 6.58 Å². The molecule has 0 aromatic carbocycles. The van der Waals surface area contributed by atoms with Gasteiger partial charge in [0.05, 0.1) is 0 Å². The average Bonchev–Trinajstić information content (AvgIpc) is 2.74. The lowest BCUT2D eigenvalue weighted by Gasteiger charge is -2.22. The third-order valence-corrected chi connectivity index (χ3v) is 7.19. The van der Waals surface area contributed by atoms with E-state index in [9.17, 15) is 0 Å². The summed E-state index contributed by atoms with van der Waals surface area (Å²) in [5.74, 6) is 1.82. The van der Waals surface area contributed by atoms with E-state index in [1.807, 2.05) is 0 Å². The molecule has 0 heteroatoms. The van der Waals surface area contributed by atoms with Crippen molar-refractivity contribution >= 4 is 0 Å². The van der Waals surface area contributed by atoms with E-state index in [1.165, 1.54) is 54.4 Å². The SMILES string of the molecule is C=CC(C)(C=CC(C)CCC=C(C)CCC(C)C(=C)C)CCC=C(C)CCC(C)C(=C)C. The van der Waals surface area contributed by atoms with Gasteiger partial charge in [0.25, 0.3) is 0 Å². The third kappa shape index (κ3) is 14.5. The topological polar surface area (TPSA) is 0 Å². The number of rotatable bonds is 17. The summed E-state index contributed by atoms with van der Waals surface area (Å²) in [5.41, 5.74) is 5.68. The smallest absolute Gasteiger partial charge is 0.00330 e. The fourth-order valence-electron chi connectivity index (χ4n) is 3.54. The van der Waals surface area contributed by atoms with Gasteiger partial charge in [-0.25, -0.2) is 0 Å². The quantitative estimate of drug-likeness (QED) is 0.198. The van der Waals surface area contributed by atoms with Crippen LogP contribution in [0, 0.1) is 23.2 Å². The fourth-order valence-corrected chi connectivity index (χ4v) is 3.54. The third-order valence-electron chi connectivity index (χ3n) is 7.19. The van der Waals surface area contributed by atoms with Crippen LogP contribution < -0.4 is 0 Å². The van der Waals surface area contributed by atoms with Gasteiger partial charge < -0.3 is 0 Å². The Morgan fingerprint density at radius 3 is 1.69 bits per heavy atom. The highest BCUT2D eigenvalue weighted by Gasteiger charge is 2.15. The Balaban J connectivity index is 4.49. The summed E-state index contributed by atoms with van der Waals surface area (Å²) >= 11 is 0. The van der Waals surface area contributed by atoms with Gasteiger partial charge in [0.1, 0.15) is 0 Å². The van der Waals surface area contributed by atoms with Crippen LogP contribution in [0.25, 0.3) is 0 Å². The molecule has 0 heterocycles. The van der Waals surface area contributed by atoms with Crippen LogP contribution in [0.2, 0.25) is 0 Å². The molecule has 0 aromatic heterocycles. The second-order valence-electron chi connectivity index (χ2n) is 10.8. The van der Waals surface area contributed by atoms with E-state index in [1.54, 1.807) is 0 Å².